The Hall–Kier alpha value is -1.18. The molecule has 7 heteroatoms. The van der Waals surface area contributed by atoms with Crippen molar-refractivity contribution in [3.63, 3.8) is 0 Å². The molecule has 1 fully saturated rings. The molecule has 1 aliphatic heterocycles. The molecule has 0 radical (unpaired) electrons. The lowest BCUT2D eigenvalue weighted by molar-refractivity contribution is -0.150. The fraction of sp³-hybridized carbons (Fsp3) is 0.952. The SMILES string of the molecule is CC.CC1CC(N)CN1.CCC(N)CC.CCCC.CCCCCCCCC(CCCCCCCC)OC(=O)CCCCCCCOC=O. The van der Waals surface area contributed by atoms with Crippen LogP contribution in [-0.4, -0.2) is 49.8 Å². The molecule has 2 unspecified atom stereocenters. The summed E-state index contributed by atoms with van der Waals surface area (Å²) in [6.45, 7) is 21.2. The maximum atomic E-state index is 12.3. The summed E-state index contributed by atoms with van der Waals surface area (Å²) < 4.78 is 10.6. The van der Waals surface area contributed by atoms with Gasteiger partial charge in [-0.3, -0.25) is 9.59 Å². The zero-order valence-corrected chi connectivity index (χ0v) is 34.8. The van der Waals surface area contributed by atoms with Crippen LogP contribution in [0.5, 0.6) is 0 Å². The Morgan fingerprint density at radius 3 is 1.51 bits per heavy atom. The number of esters is 1. The van der Waals surface area contributed by atoms with Crippen molar-refractivity contribution in [2.24, 2.45) is 11.5 Å². The molecule has 1 rings (SSSR count). The minimum absolute atomic E-state index is 0.0127. The summed E-state index contributed by atoms with van der Waals surface area (Å²) in [7, 11) is 0. The van der Waals surface area contributed by atoms with E-state index in [1.54, 1.807) is 0 Å². The second-order valence-corrected chi connectivity index (χ2v) is 13.6. The third-order valence-corrected chi connectivity index (χ3v) is 8.70. The first-order chi connectivity index (χ1) is 23.7. The van der Waals surface area contributed by atoms with Crippen LogP contribution in [0.15, 0.2) is 0 Å². The lowest BCUT2D eigenvalue weighted by Crippen LogP contribution is -2.22. The molecule has 7 nitrogen and oxygen atoms in total. The van der Waals surface area contributed by atoms with Gasteiger partial charge in [-0.25, -0.2) is 0 Å². The molecule has 0 aromatic rings. The smallest absolute Gasteiger partial charge is 0.306 e. The second kappa shape index (κ2) is 48.9. The Balaban J connectivity index is -0.000000427. The topological polar surface area (TPSA) is 117 Å². The summed E-state index contributed by atoms with van der Waals surface area (Å²) in [4.78, 5) is 22.4. The zero-order valence-electron chi connectivity index (χ0n) is 34.8. The third kappa shape index (κ3) is 51.3. The van der Waals surface area contributed by atoms with Crippen LogP contribution < -0.4 is 16.8 Å². The highest BCUT2D eigenvalue weighted by atomic mass is 16.5. The minimum Gasteiger partial charge on any atom is -0.468 e. The summed E-state index contributed by atoms with van der Waals surface area (Å²) in [6, 6.07) is 1.50. The Morgan fingerprint density at radius 2 is 1.16 bits per heavy atom. The van der Waals surface area contributed by atoms with E-state index in [1.807, 2.05) is 13.8 Å². The van der Waals surface area contributed by atoms with Crippen LogP contribution in [0.3, 0.4) is 0 Å². The number of carbonyl (C=O) groups is 2. The molecule has 1 heterocycles. The van der Waals surface area contributed by atoms with Crippen molar-refractivity contribution in [2.45, 2.75) is 247 Å². The van der Waals surface area contributed by atoms with Crippen molar-refractivity contribution < 1.29 is 19.1 Å². The predicted molar refractivity (Wildman–Crippen MR) is 216 cm³/mol. The normalized spacial score (nSPS) is 14.7. The summed E-state index contributed by atoms with van der Waals surface area (Å²) in [5.41, 5.74) is 11.0. The van der Waals surface area contributed by atoms with Gasteiger partial charge in [-0.1, -0.05) is 152 Å². The molecule has 298 valence electrons. The van der Waals surface area contributed by atoms with E-state index in [1.165, 1.54) is 89.9 Å². The van der Waals surface area contributed by atoms with E-state index >= 15 is 0 Å². The summed E-state index contributed by atoms with van der Waals surface area (Å²) in [6.07, 6.45) is 29.1. The van der Waals surface area contributed by atoms with Crippen LogP contribution in [0, 0.1) is 0 Å². The van der Waals surface area contributed by atoms with Crippen LogP contribution in [-0.2, 0) is 19.1 Å². The maximum Gasteiger partial charge on any atom is 0.306 e. The van der Waals surface area contributed by atoms with Gasteiger partial charge in [0.25, 0.3) is 6.47 Å². The molecular weight excluding hydrogens is 610 g/mol. The average Bonchev–Trinajstić information content (AvgIpc) is 3.51. The van der Waals surface area contributed by atoms with Gasteiger partial charge >= 0.3 is 5.97 Å². The molecule has 5 N–H and O–H groups in total. The summed E-state index contributed by atoms with van der Waals surface area (Å²) in [5.74, 6) is -0.0127. The number of hydrogen-bond donors (Lipinski definition) is 3. The molecule has 1 saturated heterocycles. The first kappa shape index (κ1) is 54.6. The number of hydrogen-bond acceptors (Lipinski definition) is 7. The van der Waals surface area contributed by atoms with Gasteiger partial charge in [0, 0.05) is 31.1 Å². The van der Waals surface area contributed by atoms with Crippen molar-refractivity contribution in [1.82, 2.24) is 5.32 Å². The van der Waals surface area contributed by atoms with Gasteiger partial charge in [0.05, 0.1) is 6.61 Å². The van der Waals surface area contributed by atoms with Crippen molar-refractivity contribution in [3.8, 4) is 0 Å². The summed E-state index contributed by atoms with van der Waals surface area (Å²) >= 11 is 0. The van der Waals surface area contributed by atoms with Gasteiger partial charge in [-0.15, -0.1) is 0 Å². The molecule has 0 amide bonds. The lowest BCUT2D eigenvalue weighted by atomic mass is 10.0. The molecule has 0 bridgehead atoms. The Kier molecular flexibility index (Phi) is 54.5. The van der Waals surface area contributed by atoms with E-state index in [9.17, 15) is 9.59 Å². The first-order valence-electron chi connectivity index (χ1n) is 21.2. The number of rotatable bonds is 27. The minimum atomic E-state index is -0.0127. The van der Waals surface area contributed by atoms with Gasteiger partial charge in [0.2, 0.25) is 0 Å². The van der Waals surface area contributed by atoms with Crippen LogP contribution >= 0.6 is 0 Å². The Bertz CT molecular complexity index is 578. The fourth-order valence-electron chi connectivity index (χ4n) is 5.11. The average molecular weight is 702 g/mol. The van der Waals surface area contributed by atoms with Gasteiger partial charge in [0.15, 0.2) is 0 Å². The van der Waals surface area contributed by atoms with Crippen molar-refractivity contribution in [2.75, 3.05) is 13.2 Å². The highest BCUT2D eigenvalue weighted by molar-refractivity contribution is 5.69. The second-order valence-electron chi connectivity index (χ2n) is 13.6. The predicted octanol–water partition coefficient (Wildman–Crippen LogP) is 11.6. The summed E-state index contributed by atoms with van der Waals surface area (Å²) in [5, 5.41) is 3.24. The van der Waals surface area contributed by atoms with Gasteiger partial charge in [-0.2, -0.15) is 0 Å². The van der Waals surface area contributed by atoms with E-state index in [0.717, 1.165) is 70.8 Å². The van der Waals surface area contributed by atoms with Gasteiger partial charge in [0.1, 0.15) is 6.10 Å². The number of ether oxygens (including phenoxy) is 2. The van der Waals surface area contributed by atoms with Gasteiger partial charge in [-0.05, 0) is 64.7 Å². The molecule has 0 spiro atoms. The highest BCUT2D eigenvalue weighted by Gasteiger charge is 2.15. The number of unbranched alkanes of at least 4 members (excludes halogenated alkanes) is 15. The third-order valence-electron chi connectivity index (χ3n) is 8.70. The van der Waals surface area contributed by atoms with Crippen molar-refractivity contribution in [1.29, 1.82) is 0 Å². The van der Waals surface area contributed by atoms with Crippen LogP contribution in [0.1, 0.15) is 223 Å². The number of nitrogens with one attached hydrogen (secondary N) is 1. The molecule has 0 saturated carbocycles. The lowest BCUT2D eigenvalue weighted by Gasteiger charge is -2.18. The molecule has 0 aromatic heterocycles. The molecule has 0 aromatic carbocycles. The van der Waals surface area contributed by atoms with Gasteiger partial charge < -0.3 is 26.3 Å². The Morgan fingerprint density at radius 1 is 0.714 bits per heavy atom. The van der Waals surface area contributed by atoms with Crippen LogP contribution in [0.4, 0.5) is 0 Å². The standard InChI is InChI=1S/C26H50O4.C5H12N2.C5H13N.C4H10.C2H6/c1-3-5-7-9-12-16-20-25(21-17-13-10-8-6-4-2)30-26(28)22-18-14-11-15-19-23-29-24-27;1-4-2-5(6)3-7-4;1-3-5(6)4-2;1-3-4-2;1-2/h24-25H,3-23H2,1-2H3;4-5,7H,2-3,6H2,1H3;5H,3-4,6H2,1-2H3;3-4H2,1-2H3;1-2H3. The molecule has 2 atom stereocenters. The molecule has 0 aliphatic carbocycles. The fourth-order valence-corrected chi connectivity index (χ4v) is 5.11. The number of nitrogens with two attached hydrogens (primary N) is 2. The van der Waals surface area contributed by atoms with Crippen molar-refractivity contribution >= 4 is 12.4 Å². The molecular formula is C42H91N3O4. The van der Waals surface area contributed by atoms with E-state index in [2.05, 4.69) is 58.5 Å². The Labute approximate surface area is 307 Å². The van der Waals surface area contributed by atoms with E-state index in [4.69, 9.17) is 16.2 Å². The molecule has 49 heavy (non-hydrogen) atoms. The largest absolute Gasteiger partial charge is 0.468 e. The first-order valence-corrected chi connectivity index (χ1v) is 21.2. The van der Waals surface area contributed by atoms with E-state index in [-0.39, 0.29) is 12.1 Å². The quantitative estimate of drug-likeness (QED) is 0.0443. The zero-order chi connectivity index (χ0) is 37.8. The van der Waals surface area contributed by atoms with Crippen LogP contribution in [0.2, 0.25) is 0 Å². The highest BCUT2D eigenvalue weighted by Crippen LogP contribution is 2.18. The molecule has 1 aliphatic rings. The van der Waals surface area contributed by atoms with Crippen molar-refractivity contribution in [3.05, 3.63) is 0 Å². The monoisotopic (exact) mass is 702 g/mol. The van der Waals surface area contributed by atoms with E-state index < -0.39 is 0 Å². The maximum absolute atomic E-state index is 12.3. The van der Waals surface area contributed by atoms with E-state index in [0.29, 0.717) is 37.6 Å². The number of carbonyl (C=O) groups excluding carboxylic acids is 2. The van der Waals surface area contributed by atoms with Crippen LogP contribution in [0.25, 0.3) is 0 Å².